The second-order valence-electron chi connectivity index (χ2n) is 6.37. The zero-order valence-electron chi connectivity index (χ0n) is 14.0. The number of halogens is 2. The Kier molecular flexibility index (Phi) is 6.69. The van der Waals surface area contributed by atoms with Crippen LogP contribution in [0.15, 0.2) is 33.7 Å². The molecule has 0 spiro atoms. The van der Waals surface area contributed by atoms with Crippen molar-refractivity contribution in [3.63, 3.8) is 0 Å². The maximum Gasteiger partial charge on any atom is 0.0468 e. The number of nitrogens with zero attached hydrogens (tertiary/aromatic N) is 3. The third-order valence-electron chi connectivity index (χ3n) is 4.56. The standard InChI is InChI=1S/C17H23Cl2N3S2/c1-21(11-13-9-14(18)3-4-17(13)19)15-5-7-22(8-6-15)12-16-10-20-24(2)23-16/h3-4,9-10,15H,5-8,11-12H2,1-2H3. The molecule has 0 aromatic heterocycles. The molecule has 0 bridgehead atoms. The van der Waals surface area contributed by atoms with Gasteiger partial charge in [-0.25, -0.2) is 4.36 Å². The Labute approximate surface area is 160 Å². The summed E-state index contributed by atoms with van der Waals surface area (Å²) in [4.78, 5) is 6.38. The lowest BCUT2D eigenvalue weighted by molar-refractivity contribution is 0.130. The monoisotopic (exact) mass is 403 g/mol. The van der Waals surface area contributed by atoms with Gasteiger partial charge in [-0.05, 0) is 77.3 Å². The average Bonchev–Trinajstić information content (AvgIpc) is 2.96. The Bertz CT molecular complexity index is 655. The van der Waals surface area contributed by atoms with Crippen LogP contribution in [-0.4, -0.2) is 48.8 Å². The molecule has 2 heterocycles. The predicted octanol–water partition coefficient (Wildman–Crippen LogP) is 4.82. The fourth-order valence-electron chi connectivity index (χ4n) is 3.20. The fourth-order valence-corrected chi connectivity index (χ4v) is 6.07. The number of likely N-dealkylation sites (tertiary alicyclic amines) is 1. The summed E-state index contributed by atoms with van der Waals surface area (Å²) in [6.07, 6.45) is 6.63. The lowest BCUT2D eigenvalue weighted by Gasteiger charge is -2.37. The number of hydrogen-bond donors (Lipinski definition) is 0. The van der Waals surface area contributed by atoms with E-state index in [1.54, 1.807) is 0 Å². The molecule has 1 atom stereocenters. The van der Waals surface area contributed by atoms with Crippen LogP contribution in [0.1, 0.15) is 18.4 Å². The highest BCUT2D eigenvalue weighted by molar-refractivity contribution is 8.71. The van der Waals surface area contributed by atoms with Crippen molar-refractivity contribution in [3.05, 3.63) is 44.9 Å². The molecule has 0 N–H and O–H groups in total. The zero-order valence-corrected chi connectivity index (χ0v) is 17.2. The van der Waals surface area contributed by atoms with Gasteiger partial charge in [-0.15, -0.1) is 0 Å². The van der Waals surface area contributed by atoms with Crippen molar-refractivity contribution in [1.29, 1.82) is 0 Å². The van der Waals surface area contributed by atoms with E-state index in [1.165, 1.54) is 17.7 Å². The highest BCUT2D eigenvalue weighted by atomic mass is 35.5. The summed E-state index contributed by atoms with van der Waals surface area (Å²) in [5, 5.41) is 1.55. The molecule has 1 aromatic carbocycles. The summed E-state index contributed by atoms with van der Waals surface area (Å²) < 4.78 is 4.46. The minimum atomic E-state index is 0.142. The molecule has 1 saturated heterocycles. The topological polar surface area (TPSA) is 18.8 Å². The molecule has 24 heavy (non-hydrogen) atoms. The first-order chi connectivity index (χ1) is 11.5. The lowest BCUT2D eigenvalue weighted by atomic mass is 10.0. The minimum Gasteiger partial charge on any atom is -0.299 e. The first-order valence-corrected chi connectivity index (χ1v) is 11.8. The highest BCUT2D eigenvalue weighted by Crippen LogP contribution is 2.29. The van der Waals surface area contributed by atoms with Crippen molar-refractivity contribution in [3.8, 4) is 0 Å². The average molecular weight is 404 g/mol. The van der Waals surface area contributed by atoms with Crippen LogP contribution in [0.4, 0.5) is 0 Å². The summed E-state index contributed by atoms with van der Waals surface area (Å²) in [7, 11) is 4.25. The molecule has 1 fully saturated rings. The third-order valence-corrected chi connectivity index (χ3v) is 7.88. The lowest BCUT2D eigenvalue weighted by Crippen LogP contribution is -2.43. The summed E-state index contributed by atoms with van der Waals surface area (Å²) in [5.74, 6) is 0. The maximum absolute atomic E-state index is 6.30. The van der Waals surface area contributed by atoms with E-state index in [0.29, 0.717) is 6.04 Å². The molecule has 132 valence electrons. The van der Waals surface area contributed by atoms with Crippen LogP contribution in [-0.2, 0) is 16.3 Å². The van der Waals surface area contributed by atoms with Crippen LogP contribution in [0.25, 0.3) is 0 Å². The molecular formula is C17H23Cl2N3S2. The van der Waals surface area contributed by atoms with Gasteiger partial charge in [0.15, 0.2) is 0 Å². The molecule has 0 amide bonds. The smallest absolute Gasteiger partial charge is 0.0468 e. The highest BCUT2D eigenvalue weighted by Gasteiger charge is 2.24. The number of benzene rings is 1. The van der Waals surface area contributed by atoms with E-state index in [1.807, 2.05) is 29.0 Å². The van der Waals surface area contributed by atoms with E-state index in [2.05, 4.69) is 33.7 Å². The van der Waals surface area contributed by atoms with E-state index >= 15 is 0 Å². The van der Waals surface area contributed by atoms with Gasteiger partial charge in [-0.2, -0.15) is 0 Å². The van der Waals surface area contributed by atoms with Gasteiger partial charge in [0.1, 0.15) is 0 Å². The Hall–Kier alpha value is -0.0400. The number of piperidine rings is 1. The van der Waals surface area contributed by atoms with Crippen molar-refractivity contribution in [2.75, 3.05) is 32.9 Å². The van der Waals surface area contributed by atoms with Gasteiger partial charge in [0.2, 0.25) is 0 Å². The Balaban J connectivity index is 1.48. The third kappa shape index (κ3) is 4.99. The van der Waals surface area contributed by atoms with Crippen molar-refractivity contribution in [2.45, 2.75) is 25.4 Å². The van der Waals surface area contributed by atoms with Gasteiger partial charge in [0, 0.05) is 46.5 Å². The van der Waals surface area contributed by atoms with Crippen LogP contribution < -0.4 is 0 Å². The normalized spacial score (nSPS) is 22.7. The molecule has 0 aliphatic carbocycles. The molecule has 2 aliphatic heterocycles. The molecule has 1 unspecified atom stereocenters. The van der Waals surface area contributed by atoms with Crippen molar-refractivity contribution in [2.24, 2.45) is 4.36 Å². The van der Waals surface area contributed by atoms with Crippen LogP contribution in [0.3, 0.4) is 0 Å². The molecule has 3 rings (SSSR count). The Morgan fingerprint density at radius 2 is 2.08 bits per heavy atom. The molecule has 2 aliphatic rings. The van der Waals surface area contributed by atoms with E-state index < -0.39 is 0 Å². The van der Waals surface area contributed by atoms with Crippen molar-refractivity contribution < 1.29 is 0 Å². The summed E-state index contributed by atoms with van der Waals surface area (Å²) in [6, 6.07) is 6.31. The summed E-state index contributed by atoms with van der Waals surface area (Å²) >= 11 is 12.4. The van der Waals surface area contributed by atoms with Gasteiger partial charge in [0.05, 0.1) is 0 Å². The van der Waals surface area contributed by atoms with Gasteiger partial charge >= 0.3 is 0 Å². The van der Waals surface area contributed by atoms with Gasteiger partial charge in [0.25, 0.3) is 0 Å². The largest absolute Gasteiger partial charge is 0.299 e. The van der Waals surface area contributed by atoms with Gasteiger partial charge < -0.3 is 0 Å². The van der Waals surface area contributed by atoms with Crippen LogP contribution in [0.5, 0.6) is 0 Å². The molecule has 0 saturated carbocycles. The van der Waals surface area contributed by atoms with Crippen LogP contribution in [0.2, 0.25) is 10.0 Å². The predicted molar refractivity (Wildman–Crippen MR) is 109 cm³/mol. The quantitative estimate of drug-likeness (QED) is 0.656. The summed E-state index contributed by atoms with van der Waals surface area (Å²) in [6.45, 7) is 4.20. The Morgan fingerprint density at radius 3 is 2.75 bits per heavy atom. The van der Waals surface area contributed by atoms with E-state index in [-0.39, 0.29) is 9.72 Å². The van der Waals surface area contributed by atoms with E-state index in [4.69, 9.17) is 23.2 Å². The minimum absolute atomic E-state index is 0.142. The van der Waals surface area contributed by atoms with Crippen molar-refractivity contribution in [1.82, 2.24) is 9.80 Å². The fraction of sp³-hybridized carbons (Fsp3) is 0.529. The zero-order chi connectivity index (χ0) is 17.1. The number of rotatable bonds is 5. The summed E-state index contributed by atoms with van der Waals surface area (Å²) in [5.41, 5.74) is 1.11. The van der Waals surface area contributed by atoms with Gasteiger partial charge in [-0.3, -0.25) is 9.80 Å². The SMILES string of the molecule is CN(Cc1cc(Cl)ccc1Cl)C1CCN(CC2=CN=S(C)S2)CC1. The van der Waals surface area contributed by atoms with E-state index in [9.17, 15) is 0 Å². The molecule has 3 nitrogen and oxygen atoms in total. The first kappa shape index (κ1) is 18.7. The molecule has 1 aromatic rings. The van der Waals surface area contributed by atoms with Crippen LogP contribution >= 0.6 is 34.0 Å². The second-order valence-corrected chi connectivity index (χ2v) is 10.9. The molecular weight excluding hydrogens is 381 g/mol. The van der Waals surface area contributed by atoms with E-state index in [0.717, 1.165) is 41.8 Å². The van der Waals surface area contributed by atoms with Gasteiger partial charge in [-0.1, -0.05) is 23.2 Å². The van der Waals surface area contributed by atoms with Crippen molar-refractivity contribution >= 4 is 43.7 Å². The second kappa shape index (κ2) is 8.56. The first-order valence-electron chi connectivity index (χ1n) is 8.12. The molecule has 7 heteroatoms. The maximum atomic E-state index is 6.30. The number of hydrogen-bond acceptors (Lipinski definition) is 4. The Morgan fingerprint density at radius 1 is 1.33 bits per heavy atom. The van der Waals surface area contributed by atoms with Crippen LogP contribution in [0, 0.1) is 0 Å². The molecule has 0 radical (unpaired) electrons.